The summed E-state index contributed by atoms with van der Waals surface area (Å²) in [5.74, 6) is -1.61. The molecule has 0 fully saturated rings. The van der Waals surface area contributed by atoms with Crippen LogP contribution in [0.4, 0.5) is 5.69 Å². The first-order valence-corrected chi connectivity index (χ1v) is 6.48. The van der Waals surface area contributed by atoms with Crippen LogP contribution in [-0.4, -0.2) is 32.0 Å². The van der Waals surface area contributed by atoms with Crippen molar-refractivity contribution in [3.63, 3.8) is 0 Å². The minimum absolute atomic E-state index is 0.153. The molecule has 0 bridgehead atoms. The number of carboxylic acids is 1. The molecule has 0 aliphatic heterocycles. The Balaban J connectivity index is 2.17. The van der Waals surface area contributed by atoms with Crippen molar-refractivity contribution in [1.82, 2.24) is 15.0 Å². The zero-order valence-corrected chi connectivity index (χ0v) is 12.1. The van der Waals surface area contributed by atoms with Crippen molar-refractivity contribution in [2.75, 3.05) is 5.32 Å². The lowest BCUT2D eigenvalue weighted by molar-refractivity contribution is -0.119. The van der Waals surface area contributed by atoms with Gasteiger partial charge in [-0.05, 0) is 31.5 Å². The van der Waals surface area contributed by atoms with Gasteiger partial charge >= 0.3 is 5.97 Å². The Labute approximate surface area is 125 Å². The second kappa shape index (κ2) is 5.92. The van der Waals surface area contributed by atoms with Crippen molar-refractivity contribution in [2.24, 2.45) is 0 Å². The number of nitrogens with zero attached hydrogens (tertiary/aromatic N) is 3. The van der Waals surface area contributed by atoms with Crippen molar-refractivity contribution in [1.29, 1.82) is 0 Å². The maximum absolute atomic E-state index is 12.1. The zero-order chi connectivity index (χ0) is 15.6. The van der Waals surface area contributed by atoms with Crippen molar-refractivity contribution in [2.45, 2.75) is 19.9 Å². The van der Waals surface area contributed by atoms with Crippen LogP contribution in [0.2, 0.25) is 5.02 Å². The Hall–Kier alpha value is -2.41. The molecule has 1 amide bonds. The fraction of sp³-hybridized carbons (Fsp3) is 0.231. The molecule has 0 saturated carbocycles. The molecule has 0 spiro atoms. The van der Waals surface area contributed by atoms with E-state index in [4.69, 9.17) is 16.7 Å². The highest BCUT2D eigenvalue weighted by molar-refractivity contribution is 6.31. The van der Waals surface area contributed by atoms with Gasteiger partial charge in [0.05, 0.1) is 6.20 Å². The van der Waals surface area contributed by atoms with E-state index < -0.39 is 17.9 Å². The van der Waals surface area contributed by atoms with Crippen molar-refractivity contribution >= 4 is 29.2 Å². The van der Waals surface area contributed by atoms with Gasteiger partial charge in [0.1, 0.15) is 6.04 Å². The molecule has 2 rings (SSSR count). The molecule has 2 N–H and O–H groups in total. The van der Waals surface area contributed by atoms with Gasteiger partial charge in [-0.15, -0.1) is 5.10 Å². The van der Waals surface area contributed by atoms with E-state index in [1.807, 2.05) is 6.92 Å². The molecule has 1 atom stereocenters. The van der Waals surface area contributed by atoms with E-state index in [9.17, 15) is 9.59 Å². The van der Waals surface area contributed by atoms with Gasteiger partial charge in [-0.1, -0.05) is 22.9 Å². The highest BCUT2D eigenvalue weighted by Gasteiger charge is 2.22. The third-order valence-electron chi connectivity index (χ3n) is 2.98. The molecule has 1 aromatic heterocycles. The standard InChI is InChI=1S/C13H13ClN4O3/c1-7-3-4-9(5-10(7)14)16-12(19)8(2)18-11(13(20)21)6-15-17-18/h3-6,8H,1-2H3,(H,16,19)(H,20,21). The van der Waals surface area contributed by atoms with Crippen molar-refractivity contribution < 1.29 is 14.7 Å². The molecule has 1 unspecified atom stereocenters. The molecule has 8 heteroatoms. The predicted molar refractivity (Wildman–Crippen MR) is 76.5 cm³/mol. The maximum atomic E-state index is 12.1. The van der Waals surface area contributed by atoms with Gasteiger partial charge in [-0.3, -0.25) is 4.79 Å². The van der Waals surface area contributed by atoms with Gasteiger partial charge in [0, 0.05) is 10.7 Å². The van der Waals surface area contributed by atoms with Crippen molar-refractivity contribution in [3.8, 4) is 0 Å². The number of halogens is 1. The van der Waals surface area contributed by atoms with Gasteiger partial charge < -0.3 is 10.4 Å². The number of amides is 1. The highest BCUT2D eigenvalue weighted by Crippen LogP contribution is 2.21. The van der Waals surface area contributed by atoms with E-state index >= 15 is 0 Å². The van der Waals surface area contributed by atoms with E-state index in [1.165, 1.54) is 6.92 Å². The second-order valence-corrected chi connectivity index (χ2v) is 4.91. The summed E-state index contributed by atoms with van der Waals surface area (Å²) in [6.45, 7) is 3.39. The first-order valence-electron chi connectivity index (χ1n) is 6.10. The number of carbonyl (C=O) groups is 2. The SMILES string of the molecule is Cc1ccc(NC(=O)C(C)n2nncc2C(=O)O)cc1Cl. The number of nitrogens with one attached hydrogen (secondary N) is 1. The topological polar surface area (TPSA) is 97.1 Å². The summed E-state index contributed by atoms with van der Waals surface area (Å²) < 4.78 is 1.05. The van der Waals surface area contributed by atoms with Crippen LogP contribution in [0, 0.1) is 6.92 Å². The minimum Gasteiger partial charge on any atom is -0.476 e. The van der Waals surface area contributed by atoms with E-state index in [1.54, 1.807) is 18.2 Å². The summed E-state index contributed by atoms with van der Waals surface area (Å²) in [5, 5.41) is 19.3. The Kier molecular flexibility index (Phi) is 4.23. The lowest BCUT2D eigenvalue weighted by Gasteiger charge is -2.14. The Morgan fingerprint density at radius 2 is 2.14 bits per heavy atom. The summed E-state index contributed by atoms with van der Waals surface area (Å²) in [7, 11) is 0. The summed E-state index contributed by atoms with van der Waals surface area (Å²) in [6, 6.07) is 4.30. The van der Waals surface area contributed by atoms with Crippen LogP contribution in [0.5, 0.6) is 0 Å². The van der Waals surface area contributed by atoms with Crippen LogP contribution < -0.4 is 5.32 Å². The first kappa shape index (κ1) is 15.0. The van der Waals surface area contributed by atoms with Crippen LogP contribution in [-0.2, 0) is 4.79 Å². The van der Waals surface area contributed by atoms with Crippen LogP contribution in [0.1, 0.15) is 29.0 Å². The second-order valence-electron chi connectivity index (χ2n) is 4.50. The third-order valence-corrected chi connectivity index (χ3v) is 3.39. The van der Waals surface area contributed by atoms with E-state index in [2.05, 4.69) is 15.6 Å². The average molecular weight is 309 g/mol. The molecule has 21 heavy (non-hydrogen) atoms. The molecule has 1 aromatic carbocycles. The average Bonchev–Trinajstić information content (AvgIpc) is 2.91. The Morgan fingerprint density at radius 3 is 2.76 bits per heavy atom. The Bertz CT molecular complexity index is 698. The Morgan fingerprint density at radius 1 is 1.43 bits per heavy atom. The number of hydrogen-bond acceptors (Lipinski definition) is 4. The van der Waals surface area contributed by atoms with Gasteiger partial charge in [0.25, 0.3) is 0 Å². The molecular weight excluding hydrogens is 296 g/mol. The summed E-state index contributed by atoms with van der Waals surface area (Å²) in [4.78, 5) is 23.1. The van der Waals surface area contributed by atoms with Crippen LogP contribution in [0.15, 0.2) is 24.4 Å². The fourth-order valence-corrected chi connectivity index (χ4v) is 1.89. The van der Waals surface area contributed by atoms with Gasteiger partial charge in [-0.2, -0.15) is 0 Å². The monoisotopic (exact) mass is 308 g/mol. The zero-order valence-electron chi connectivity index (χ0n) is 11.4. The predicted octanol–water partition coefficient (Wildman–Crippen LogP) is 2.14. The fourth-order valence-electron chi connectivity index (χ4n) is 1.71. The molecular formula is C13H13ClN4O3. The van der Waals surface area contributed by atoms with E-state index in [0.717, 1.165) is 16.4 Å². The lowest BCUT2D eigenvalue weighted by atomic mass is 10.2. The third kappa shape index (κ3) is 3.19. The molecule has 1 heterocycles. The number of rotatable bonds is 4. The number of benzene rings is 1. The number of aryl methyl sites for hydroxylation is 1. The van der Waals surface area contributed by atoms with E-state index in [0.29, 0.717) is 10.7 Å². The van der Waals surface area contributed by atoms with E-state index in [-0.39, 0.29) is 5.69 Å². The van der Waals surface area contributed by atoms with Gasteiger partial charge in [-0.25, -0.2) is 9.48 Å². The smallest absolute Gasteiger partial charge is 0.355 e. The lowest BCUT2D eigenvalue weighted by Crippen LogP contribution is -2.26. The molecule has 0 aliphatic carbocycles. The number of aromatic nitrogens is 3. The first-order chi connectivity index (χ1) is 9.90. The highest BCUT2D eigenvalue weighted by atomic mass is 35.5. The van der Waals surface area contributed by atoms with Crippen LogP contribution in [0.3, 0.4) is 0 Å². The van der Waals surface area contributed by atoms with Gasteiger partial charge in [0.2, 0.25) is 5.91 Å². The molecule has 110 valence electrons. The summed E-state index contributed by atoms with van der Waals surface area (Å²) in [6.07, 6.45) is 1.09. The molecule has 2 aromatic rings. The van der Waals surface area contributed by atoms with Crippen LogP contribution in [0.25, 0.3) is 0 Å². The minimum atomic E-state index is -1.20. The quantitative estimate of drug-likeness (QED) is 0.902. The number of carboxylic acid groups (broad SMARTS) is 1. The molecule has 7 nitrogen and oxygen atoms in total. The summed E-state index contributed by atoms with van der Waals surface area (Å²) in [5.41, 5.74) is 1.27. The molecule has 0 radical (unpaired) electrons. The normalized spacial score (nSPS) is 12.0. The largest absolute Gasteiger partial charge is 0.476 e. The number of aromatic carboxylic acids is 1. The molecule has 0 saturated heterocycles. The maximum Gasteiger partial charge on any atom is 0.355 e. The number of anilines is 1. The molecule has 0 aliphatic rings. The van der Waals surface area contributed by atoms with Crippen LogP contribution >= 0.6 is 11.6 Å². The number of carbonyl (C=O) groups excluding carboxylic acids is 1. The number of hydrogen-bond donors (Lipinski definition) is 2. The summed E-state index contributed by atoms with van der Waals surface area (Å²) >= 11 is 5.99. The van der Waals surface area contributed by atoms with Gasteiger partial charge in [0.15, 0.2) is 5.69 Å². The van der Waals surface area contributed by atoms with Crippen molar-refractivity contribution in [3.05, 3.63) is 40.7 Å².